The first-order chi connectivity index (χ1) is 10.5. The molecular formula is C18H22N2O2. The minimum Gasteiger partial charge on any atom is -0.468 e. The molecule has 0 saturated heterocycles. The number of nitrogens with zero attached hydrogens (tertiary/aromatic N) is 1. The molecule has 0 bridgehead atoms. The summed E-state index contributed by atoms with van der Waals surface area (Å²) in [4.78, 5) is 15.7. The zero-order chi connectivity index (χ0) is 16.1. The largest absolute Gasteiger partial charge is 0.468 e. The average molecular weight is 298 g/mol. The summed E-state index contributed by atoms with van der Waals surface area (Å²) in [7, 11) is 1.35. The van der Waals surface area contributed by atoms with Gasteiger partial charge in [0.1, 0.15) is 6.04 Å². The quantitative estimate of drug-likeness (QED) is 0.862. The molecular weight excluding hydrogens is 276 g/mol. The Balaban J connectivity index is 2.15. The van der Waals surface area contributed by atoms with Crippen molar-refractivity contribution in [2.24, 2.45) is 5.73 Å². The highest BCUT2D eigenvalue weighted by atomic mass is 16.5. The first kappa shape index (κ1) is 16.2. The van der Waals surface area contributed by atoms with Crippen LogP contribution in [0.4, 0.5) is 0 Å². The van der Waals surface area contributed by atoms with Gasteiger partial charge in [0.15, 0.2) is 0 Å². The zero-order valence-corrected chi connectivity index (χ0v) is 13.2. The summed E-state index contributed by atoms with van der Waals surface area (Å²) in [5, 5.41) is 0. The fraction of sp³-hybridized carbons (Fsp3) is 0.333. The molecule has 2 aromatic rings. The fourth-order valence-electron chi connectivity index (χ4n) is 2.27. The van der Waals surface area contributed by atoms with Crippen molar-refractivity contribution in [1.82, 2.24) is 4.98 Å². The van der Waals surface area contributed by atoms with Gasteiger partial charge >= 0.3 is 5.97 Å². The van der Waals surface area contributed by atoms with Gasteiger partial charge in [-0.3, -0.25) is 9.78 Å². The number of hydrogen-bond acceptors (Lipinski definition) is 4. The molecule has 0 aliphatic rings. The molecule has 22 heavy (non-hydrogen) atoms. The second-order valence-corrected chi connectivity index (χ2v) is 5.65. The van der Waals surface area contributed by atoms with Crippen molar-refractivity contribution in [3.63, 3.8) is 0 Å². The van der Waals surface area contributed by atoms with Crippen LogP contribution in [-0.4, -0.2) is 24.1 Å². The average Bonchev–Trinajstić information content (AvgIpc) is 2.54. The van der Waals surface area contributed by atoms with Crippen LogP contribution in [-0.2, 0) is 16.0 Å². The van der Waals surface area contributed by atoms with Gasteiger partial charge < -0.3 is 10.5 Å². The third kappa shape index (κ3) is 3.92. The smallest absolute Gasteiger partial charge is 0.322 e. The number of aromatic nitrogens is 1. The van der Waals surface area contributed by atoms with E-state index in [1.807, 2.05) is 36.5 Å². The van der Waals surface area contributed by atoms with E-state index < -0.39 is 6.04 Å². The molecule has 1 atom stereocenters. The lowest BCUT2D eigenvalue weighted by molar-refractivity contribution is -0.142. The molecule has 4 nitrogen and oxygen atoms in total. The molecule has 0 spiro atoms. The molecule has 0 unspecified atom stereocenters. The fourth-order valence-corrected chi connectivity index (χ4v) is 2.27. The maximum Gasteiger partial charge on any atom is 0.322 e. The number of methoxy groups -OCH3 is 1. The van der Waals surface area contributed by atoms with Crippen LogP contribution in [0.25, 0.3) is 11.1 Å². The van der Waals surface area contributed by atoms with Crippen LogP contribution in [0.5, 0.6) is 0 Å². The number of carbonyl (C=O) groups is 1. The van der Waals surface area contributed by atoms with Crippen molar-refractivity contribution in [3.8, 4) is 11.1 Å². The van der Waals surface area contributed by atoms with Crippen molar-refractivity contribution in [1.29, 1.82) is 0 Å². The van der Waals surface area contributed by atoms with E-state index >= 15 is 0 Å². The molecule has 116 valence electrons. The van der Waals surface area contributed by atoms with Crippen molar-refractivity contribution in [3.05, 3.63) is 53.9 Å². The molecule has 2 N–H and O–H groups in total. The molecule has 0 amide bonds. The summed E-state index contributed by atoms with van der Waals surface area (Å²) >= 11 is 0. The summed E-state index contributed by atoms with van der Waals surface area (Å²) < 4.78 is 4.64. The third-order valence-electron chi connectivity index (χ3n) is 3.62. The Kier molecular flexibility index (Phi) is 5.28. The summed E-state index contributed by atoms with van der Waals surface area (Å²) in [5.74, 6) is 0.0112. The van der Waals surface area contributed by atoms with Gasteiger partial charge in [-0.25, -0.2) is 0 Å². The second kappa shape index (κ2) is 7.18. The highest BCUT2D eigenvalue weighted by molar-refractivity contribution is 5.75. The number of ether oxygens (including phenoxy) is 1. The Morgan fingerprint density at radius 2 is 1.86 bits per heavy atom. The lowest BCUT2D eigenvalue weighted by Crippen LogP contribution is -2.33. The van der Waals surface area contributed by atoms with E-state index in [9.17, 15) is 4.79 Å². The van der Waals surface area contributed by atoms with Crippen molar-refractivity contribution >= 4 is 5.97 Å². The second-order valence-electron chi connectivity index (χ2n) is 5.65. The van der Waals surface area contributed by atoms with Gasteiger partial charge in [-0.1, -0.05) is 38.1 Å². The standard InChI is InChI=1S/C18H22N2O2/c1-12(2)17-11-15(8-9-20-17)14-6-4-13(5-7-14)10-16(19)18(21)22-3/h4-9,11-12,16H,10,19H2,1-3H3/t16-/m0/s1. The molecule has 0 fully saturated rings. The number of benzene rings is 1. The topological polar surface area (TPSA) is 65.2 Å². The highest BCUT2D eigenvalue weighted by Gasteiger charge is 2.14. The van der Waals surface area contributed by atoms with Crippen LogP contribution in [0.1, 0.15) is 31.0 Å². The zero-order valence-electron chi connectivity index (χ0n) is 13.2. The van der Waals surface area contributed by atoms with Crippen molar-refractivity contribution in [2.75, 3.05) is 7.11 Å². The molecule has 4 heteroatoms. The molecule has 1 heterocycles. The van der Waals surface area contributed by atoms with E-state index in [2.05, 4.69) is 29.6 Å². The first-order valence-corrected chi connectivity index (χ1v) is 7.40. The Labute approximate surface area is 131 Å². The predicted octanol–water partition coefficient (Wildman–Crippen LogP) is 2.91. The summed E-state index contributed by atoms with van der Waals surface area (Å²) in [6, 6.07) is 11.6. The third-order valence-corrected chi connectivity index (χ3v) is 3.62. The number of esters is 1. The summed E-state index contributed by atoms with van der Waals surface area (Å²) in [6.45, 7) is 4.26. The van der Waals surface area contributed by atoms with Gasteiger partial charge in [0, 0.05) is 11.9 Å². The van der Waals surface area contributed by atoms with Gasteiger partial charge in [-0.05, 0) is 41.2 Å². The van der Waals surface area contributed by atoms with Crippen LogP contribution in [0, 0.1) is 0 Å². The summed E-state index contributed by atoms with van der Waals surface area (Å²) in [6.07, 6.45) is 2.31. The van der Waals surface area contributed by atoms with E-state index in [0.717, 1.165) is 22.4 Å². The van der Waals surface area contributed by atoms with Crippen LogP contribution >= 0.6 is 0 Å². The first-order valence-electron chi connectivity index (χ1n) is 7.40. The molecule has 0 saturated carbocycles. The van der Waals surface area contributed by atoms with Crippen molar-refractivity contribution < 1.29 is 9.53 Å². The Bertz CT molecular complexity index is 636. The SMILES string of the molecule is COC(=O)[C@@H](N)Cc1ccc(-c2ccnc(C(C)C)c2)cc1. The van der Waals surface area contributed by atoms with Crippen LogP contribution in [0.15, 0.2) is 42.6 Å². The number of carbonyl (C=O) groups excluding carboxylic acids is 1. The van der Waals surface area contributed by atoms with E-state index in [4.69, 9.17) is 5.73 Å². The van der Waals surface area contributed by atoms with Crippen molar-refractivity contribution in [2.45, 2.75) is 32.2 Å². The molecule has 1 aromatic heterocycles. The maximum atomic E-state index is 11.4. The molecule has 2 rings (SSSR count). The summed E-state index contributed by atoms with van der Waals surface area (Å²) in [5.41, 5.74) is 10.1. The molecule has 1 aromatic carbocycles. The van der Waals surface area contributed by atoms with E-state index in [1.54, 1.807) is 0 Å². The maximum absolute atomic E-state index is 11.4. The molecule has 0 aliphatic heterocycles. The monoisotopic (exact) mass is 298 g/mol. The minimum absolute atomic E-state index is 0.389. The number of nitrogens with two attached hydrogens (primary N) is 1. The Morgan fingerprint density at radius 1 is 1.18 bits per heavy atom. The van der Waals surface area contributed by atoms with E-state index in [0.29, 0.717) is 12.3 Å². The van der Waals surface area contributed by atoms with Crippen LogP contribution < -0.4 is 5.73 Å². The normalized spacial score (nSPS) is 12.2. The number of hydrogen-bond donors (Lipinski definition) is 1. The van der Waals surface area contributed by atoms with Gasteiger partial charge in [0.2, 0.25) is 0 Å². The Morgan fingerprint density at radius 3 is 2.45 bits per heavy atom. The molecule has 0 radical (unpaired) electrons. The number of rotatable bonds is 5. The highest BCUT2D eigenvalue weighted by Crippen LogP contribution is 2.23. The van der Waals surface area contributed by atoms with Gasteiger partial charge in [-0.15, -0.1) is 0 Å². The van der Waals surface area contributed by atoms with Gasteiger partial charge in [0.05, 0.1) is 7.11 Å². The van der Waals surface area contributed by atoms with E-state index in [-0.39, 0.29) is 5.97 Å². The predicted molar refractivity (Wildman–Crippen MR) is 87.5 cm³/mol. The minimum atomic E-state index is -0.621. The van der Waals surface area contributed by atoms with Crippen LogP contribution in [0.2, 0.25) is 0 Å². The number of pyridine rings is 1. The lowest BCUT2D eigenvalue weighted by Gasteiger charge is -2.10. The van der Waals surface area contributed by atoms with Gasteiger partial charge in [0.25, 0.3) is 0 Å². The lowest BCUT2D eigenvalue weighted by atomic mass is 9.99. The van der Waals surface area contributed by atoms with E-state index in [1.165, 1.54) is 7.11 Å². The Hall–Kier alpha value is -2.20. The van der Waals surface area contributed by atoms with Gasteiger partial charge in [-0.2, -0.15) is 0 Å². The van der Waals surface area contributed by atoms with Crippen LogP contribution in [0.3, 0.4) is 0 Å². The molecule has 0 aliphatic carbocycles.